The Labute approximate surface area is 176 Å². The van der Waals surface area contributed by atoms with E-state index in [2.05, 4.69) is 10.3 Å². The van der Waals surface area contributed by atoms with Crippen molar-refractivity contribution in [1.82, 2.24) is 9.55 Å². The van der Waals surface area contributed by atoms with E-state index in [0.717, 1.165) is 5.52 Å². The summed E-state index contributed by atoms with van der Waals surface area (Å²) >= 11 is 13.7. The standard InChI is InChI=1S/C18H15Cl2N3O2S.ClH/c1-10(24)9-23-14-8-4-7-13(16(14)22-18(23)26-2)21-17(25)15-11(19)5-3-6-12(15)20;/h3-8H,9H2,1-2H3,(H,21,25);1H. The first-order valence-electron chi connectivity index (χ1n) is 7.70. The molecule has 0 unspecified atom stereocenters. The maximum absolute atomic E-state index is 12.7. The third-order valence-electron chi connectivity index (χ3n) is 3.75. The molecule has 0 spiro atoms. The molecular weight excluding hydrogens is 429 g/mol. The van der Waals surface area contributed by atoms with Crippen molar-refractivity contribution in [3.8, 4) is 0 Å². The SMILES string of the molecule is CSc1nc2c(NC(=O)c3c(Cl)cccc3Cl)cccc2n1CC(C)=O.Cl. The van der Waals surface area contributed by atoms with Gasteiger partial charge in [-0.3, -0.25) is 9.59 Å². The van der Waals surface area contributed by atoms with Gasteiger partial charge >= 0.3 is 0 Å². The van der Waals surface area contributed by atoms with Crippen molar-refractivity contribution in [1.29, 1.82) is 0 Å². The Morgan fingerprint density at radius 3 is 2.37 bits per heavy atom. The number of rotatable bonds is 5. The molecule has 3 rings (SSSR count). The Kier molecular flexibility index (Phi) is 7.17. The lowest BCUT2D eigenvalue weighted by molar-refractivity contribution is -0.117. The number of para-hydroxylation sites is 1. The third kappa shape index (κ3) is 4.41. The van der Waals surface area contributed by atoms with E-state index in [4.69, 9.17) is 23.2 Å². The number of benzene rings is 2. The van der Waals surface area contributed by atoms with E-state index in [1.807, 2.05) is 16.9 Å². The number of carbonyl (C=O) groups is 2. The molecule has 3 aromatic rings. The van der Waals surface area contributed by atoms with E-state index < -0.39 is 5.91 Å². The number of nitrogens with one attached hydrogen (secondary N) is 1. The molecule has 1 heterocycles. The van der Waals surface area contributed by atoms with Crippen LogP contribution in [0.5, 0.6) is 0 Å². The molecule has 1 N–H and O–H groups in total. The number of ketones is 1. The topological polar surface area (TPSA) is 64.0 Å². The smallest absolute Gasteiger partial charge is 0.258 e. The quantitative estimate of drug-likeness (QED) is 0.540. The van der Waals surface area contributed by atoms with E-state index in [1.54, 1.807) is 30.3 Å². The van der Waals surface area contributed by atoms with E-state index in [1.165, 1.54) is 18.7 Å². The molecule has 0 aliphatic carbocycles. The van der Waals surface area contributed by atoms with Gasteiger partial charge in [0.1, 0.15) is 11.3 Å². The van der Waals surface area contributed by atoms with Gasteiger partial charge in [-0.05, 0) is 37.4 Å². The maximum atomic E-state index is 12.7. The number of fused-ring (bicyclic) bond motifs is 1. The van der Waals surface area contributed by atoms with Crippen LogP contribution in [0.1, 0.15) is 17.3 Å². The van der Waals surface area contributed by atoms with Gasteiger partial charge in [-0.25, -0.2) is 4.98 Å². The van der Waals surface area contributed by atoms with Crippen molar-refractivity contribution in [3.05, 3.63) is 52.0 Å². The van der Waals surface area contributed by atoms with Crippen molar-refractivity contribution in [2.75, 3.05) is 11.6 Å². The van der Waals surface area contributed by atoms with Crippen LogP contribution in [0.2, 0.25) is 10.0 Å². The van der Waals surface area contributed by atoms with Crippen LogP contribution >= 0.6 is 47.4 Å². The summed E-state index contributed by atoms with van der Waals surface area (Å²) in [4.78, 5) is 28.8. The molecule has 0 aliphatic rings. The van der Waals surface area contributed by atoms with Crippen LogP contribution in [0.25, 0.3) is 11.0 Å². The van der Waals surface area contributed by atoms with Crippen LogP contribution < -0.4 is 5.32 Å². The highest BCUT2D eigenvalue weighted by Crippen LogP contribution is 2.30. The molecule has 9 heteroatoms. The van der Waals surface area contributed by atoms with Crippen molar-refractivity contribution in [2.24, 2.45) is 0 Å². The molecule has 0 aliphatic heterocycles. The lowest BCUT2D eigenvalue weighted by Gasteiger charge is -2.09. The summed E-state index contributed by atoms with van der Waals surface area (Å²) in [5.41, 5.74) is 2.12. The molecule has 0 fully saturated rings. The van der Waals surface area contributed by atoms with Gasteiger partial charge < -0.3 is 9.88 Å². The summed E-state index contributed by atoms with van der Waals surface area (Å²) in [5, 5.41) is 4.07. The van der Waals surface area contributed by atoms with Gasteiger partial charge in [0.25, 0.3) is 5.91 Å². The molecule has 1 aromatic heterocycles. The second-order valence-electron chi connectivity index (χ2n) is 5.61. The highest BCUT2D eigenvalue weighted by atomic mass is 35.5. The summed E-state index contributed by atoms with van der Waals surface area (Å²) in [6.07, 6.45) is 1.89. The number of carbonyl (C=O) groups excluding carboxylic acids is 2. The fourth-order valence-corrected chi connectivity index (χ4v) is 3.79. The first-order chi connectivity index (χ1) is 12.4. The van der Waals surface area contributed by atoms with Crippen LogP contribution in [-0.2, 0) is 11.3 Å². The molecule has 0 saturated carbocycles. The van der Waals surface area contributed by atoms with Crippen molar-refractivity contribution in [2.45, 2.75) is 18.6 Å². The number of imidazole rings is 1. The Morgan fingerprint density at radius 2 is 1.78 bits per heavy atom. The van der Waals surface area contributed by atoms with Crippen LogP contribution in [-0.4, -0.2) is 27.5 Å². The number of halogens is 3. The zero-order valence-corrected chi connectivity index (χ0v) is 17.6. The Bertz CT molecular complexity index is 1000. The molecule has 0 atom stereocenters. The third-order valence-corrected chi connectivity index (χ3v) is 5.05. The van der Waals surface area contributed by atoms with Gasteiger partial charge in [0.15, 0.2) is 5.16 Å². The summed E-state index contributed by atoms with van der Waals surface area (Å²) in [5.74, 6) is -0.392. The summed E-state index contributed by atoms with van der Waals surface area (Å²) < 4.78 is 1.83. The van der Waals surface area contributed by atoms with Crippen LogP contribution in [0.4, 0.5) is 5.69 Å². The lowest BCUT2D eigenvalue weighted by Crippen LogP contribution is -2.13. The normalized spacial score (nSPS) is 10.5. The van der Waals surface area contributed by atoms with Crippen molar-refractivity contribution >= 4 is 75.8 Å². The fraction of sp³-hybridized carbons (Fsp3) is 0.167. The zero-order chi connectivity index (χ0) is 18.8. The predicted octanol–water partition coefficient (Wildman–Crippen LogP) is 5.33. The molecule has 5 nitrogen and oxygen atoms in total. The summed E-state index contributed by atoms with van der Waals surface area (Å²) in [6.45, 7) is 1.75. The number of anilines is 1. The van der Waals surface area contributed by atoms with Gasteiger partial charge in [0, 0.05) is 0 Å². The Balaban J connectivity index is 0.00000261. The van der Waals surface area contributed by atoms with E-state index in [0.29, 0.717) is 16.4 Å². The molecule has 0 bridgehead atoms. The monoisotopic (exact) mass is 443 g/mol. The molecular formula is C18H16Cl3N3O2S. The average molecular weight is 445 g/mol. The number of hydrogen-bond acceptors (Lipinski definition) is 4. The van der Waals surface area contributed by atoms with Gasteiger partial charge in [0.2, 0.25) is 0 Å². The Hall–Kier alpha value is -1.73. The number of amides is 1. The molecule has 1 amide bonds. The average Bonchev–Trinajstić information content (AvgIpc) is 2.93. The molecule has 27 heavy (non-hydrogen) atoms. The number of nitrogens with zero attached hydrogens (tertiary/aromatic N) is 2. The maximum Gasteiger partial charge on any atom is 0.258 e. The molecule has 0 saturated heterocycles. The fourth-order valence-electron chi connectivity index (χ4n) is 2.66. The Morgan fingerprint density at radius 1 is 1.15 bits per heavy atom. The molecule has 0 radical (unpaired) electrons. The van der Waals surface area contributed by atoms with E-state index >= 15 is 0 Å². The van der Waals surface area contributed by atoms with Gasteiger partial charge in [-0.1, -0.05) is 47.1 Å². The first-order valence-corrected chi connectivity index (χ1v) is 9.68. The second-order valence-corrected chi connectivity index (χ2v) is 7.20. The predicted molar refractivity (Wildman–Crippen MR) is 114 cm³/mol. The largest absolute Gasteiger partial charge is 0.320 e. The first kappa shape index (κ1) is 21.6. The van der Waals surface area contributed by atoms with Crippen LogP contribution in [0, 0.1) is 0 Å². The minimum Gasteiger partial charge on any atom is -0.320 e. The number of Topliss-reactive ketones (excluding diaryl/α,β-unsaturated/α-hetero) is 1. The van der Waals surface area contributed by atoms with Crippen LogP contribution in [0.3, 0.4) is 0 Å². The van der Waals surface area contributed by atoms with E-state index in [-0.39, 0.29) is 40.3 Å². The van der Waals surface area contributed by atoms with Gasteiger partial charge in [-0.2, -0.15) is 0 Å². The van der Waals surface area contributed by atoms with Gasteiger partial charge in [-0.15, -0.1) is 12.4 Å². The minimum atomic E-state index is -0.417. The highest BCUT2D eigenvalue weighted by Gasteiger charge is 2.18. The van der Waals surface area contributed by atoms with Crippen molar-refractivity contribution in [3.63, 3.8) is 0 Å². The number of thioether (sulfide) groups is 1. The molecule has 142 valence electrons. The van der Waals surface area contributed by atoms with E-state index in [9.17, 15) is 9.59 Å². The van der Waals surface area contributed by atoms with Crippen LogP contribution in [0.15, 0.2) is 41.6 Å². The van der Waals surface area contributed by atoms with Crippen molar-refractivity contribution < 1.29 is 9.59 Å². The number of hydrogen-bond donors (Lipinski definition) is 1. The summed E-state index contributed by atoms with van der Waals surface area (Å²) in [6, 6.07) is 10.3. The van der Waals surface area contributed by atoms with Gasteiger partial charge in [0.05, 0.1) is 33.4 Å². The lowest BCUT2D eigenvalue weighted by atomic mass is 10.2. The molecule has 2 aromatic carbocycles. The number of aromatic nitrogens is 2. The minimum absolute atomic E-state index is 0. The zero-order valence-electron chi connectivity index (χ0n) is 14.5. The second kappa shape index (κ2) is 8.97. The summed E-state index contributed by atoms with van der Waals surface area (Å²) in [7, 11) is 0. The highest BCUT2D eigenvalue weighted by molar-refractivity contribution is 7.98.